The number of nitrogens with one attached hydrogen (secondary N) is 2. The Kier molecular flexibility index (Phi) is 6.96. The van der Waals surface area contributed by atoms with Gasteiger partial charge in [-0.25, -0.2) is 0 Å². The Balaban J connectivity index is 1.80. The molecule has 0 atom stereocenters. The van der Waals surface area contributed by atoms with Crippen molar-refractivity contribution in [2.75, 3.05) is 39.0 Å². The highest BCUT2D eigenvalue weighted by Crippen LogP contribution is 2.21. The molecule has 2 N–H and O–H groups in total. The summed E-state index contributed by atoms with van der Waals surface area (Å²) in [6.07, 6.45) is 2.03. The van der Waals surface area contributed by atoms with Gasteiger partial charge >= 0.3 is 0 Å². The second-order valence-electron chi connectivity index (χ2n) is 7.59. The average molecular weight is 374 g/mol. The molecule has 0 spiro atoms. The zero-order valence-electron chi connectivity index (χ0n) is 16.9. The highest BCUT2D eigenvalue weighted by molar-refractivity contribution is 5.94. The summed E-state index contributed by atoms with van der Waals surface area (Å²) in [6.45, 7) is 6.16. The van der Waals surface area contributed by atoms with Crippen LogP contribution in [-0.4, -0.2) is 67.3 Å². The SMILES string of the molecule is Cc1cc(C)c(NC(=O)CN(C)CC(=O)N(C)CC(=O)NC2CC2)c(C)c1. The smallest absolute Gasteiger partial charge is 0.239 e. The van der Waals surface area contributed by atoms with E-state index in [4.69, 9.17) is 0 Å². The maximum atomic E-state index is 12.3. The molecule has 0 aliphatic heterocycles. The number of rotatable bonds is 8. The first-order valence-electron chi connectivity index (χ1n) is 9.25. The van der Waals surface area contributed by atoms with Crippen molar-refractivity contribution in [3.05, 3.63) is 28.8 Å². The van der Waals surface area contributed by atoms with Gasteiger partial charge in [-0.2, -0.15) is 0 Å². The molecule has 0 heterocycles. The quantitative estimate of drug-likeness (QED) is 0.717. The van der Waals surface area contributed by atoms with Crippen LogP contribution in [0.5, 0.6) is 0 Å². The maximum absolute atomic E-state index is 12.3. The highest BCUT2D eigenvalue weighted by Gasteiger charge is 2.24. The first-order chi connectivity index (χ1) is 12.7. The number of benzene rings is 1. The number of likely N-dealkylation sites (N-methyl/N-ethyl adjacent to an activating group) is 2. The lowest BCUT2D eigenvalue weighted by Gasteiger charge is -2.21. The lowest BCUT2D eigenvalue weighted by Crippen LogP contribution is -2.44. The predicted octanol–water partition coefficient (Wildman–Crippen LogP) is 1.22. The number of amides is 3. The number of anilines is 1. The molecule has 1 fully saturated rings. The third kappa shape index (κ3) is 6.67. The van der Waals surface area contributed by atoms with E-state index in [-0.39, 0.29) is 43.4 Å². The molecule has 3 amide bonds. The molecule has 27 heavy (non-hydrogen) atoms. The molecule has 7 heteroatoms. The van der Waals surface area contributed by atoms with Crippen molar-refractivity contribution < 1.29 is 14.4 Å². The Morgan fingerprint density at radius 2 is 1.56 bits per heavy atom. The molecule has 1 aromatic rings. The number of carbonyl (C=O) groups is 3. The second kappa shape index (κ2) is 8.99. The predicted molar refractivity (Wildman–Crippen MR) is 106 cm³/mol. The van der Waals surface area contributed by atoms with Crippen LogP contribution in [0.15, 0.2) is 12.1 Å². The fraction of sp³-hybridized carbons (Fsp3) is 0.550. The van der Waals surface area contributed by atoms with E-state index in [1.54, 1.807) is 19.0 Å². The van der Waals surface area contributed by atoms with Crippen LogP contribution in [0.2, 0.25) is 0 Å². The normalized spacial score (nSPS) is 13.4. The zero-order valence-corrected chi connectivity index (χ0v) is 16.9. The van der Waals surface area contributed by atoms with Gasteiger partial charge < -0.3 is 15.5 Å². The molecule has 1 aliphatic carbocycles. The van der Waals surface area contributed by atoms with E-state index < -0.39 is 0 Å². The van der Waals surface area contributed by atoms with Crippen LogP contribution in [0.1, 0.15) is 29.5 Å². The largest absolute Gasteiger partial charge is 0.352 e. The van der Waals surface area contributed by atoms with Gasteiger partial charge in [0.05, 0.1) is 19.6 Å². The summed E-state index contributed by atoms with van der Waals surface area (Å²) in [4.78, 5) is 39.4. The minimum Gasteiger partial charge on any atom is -0.352 e. The van der Waals surface area contributed by atoms with Crippen molar-refractivity contribution in [2.24, 2.45) is 0 Å². The molecule has 7 nitrogen and oxygen atoms in total. The van der Waals surface area contributed by atoms with Gasteiger partial charge in [0.1, 0.15) is 0 Å². The van der Waals surface area contributed by atoms with Crippen LogP contribution in [0.3, 0.4) is 0 Å². The third-order valence-corrected chi connectivity index (χ3v) is 4.51. The molecule has 1 aliphatic rings. The summed E-state index contributed by atoms with van der Waals surface area (Å²) in [5.74, 6) is -0.507. The number of hydrogen-bond acceptors (Lipinski definition) is 4. The Hall–Kier alpha value is -2.41. The van der Waals surface area contributed by atoms with E-state index in [2.05, 4.69) is 10.6 Å². The maximum Gasteiger partial charge on any atom is 0.239 e. The van der Waals surface area contributed by atoms with Crippen LogP contribution < -0.4 is 10.6 Å². The summed E-state index contributed by atoms with van der Waals surface area (Å²) in [5, 5.41) is 5.79. The first kappa shape index (κ1) is 20.9. The molecule has 0 aromatic heterocycles. The van der Waals surface area contributed by atoms with Crippen molar-refractivity contribution in [3.8, 4) is 0 Å². The minimum atomic E-state index is -0.195. The van der Waals surface area contributed by atoms with E-state index in [0.717, 1.165) is 35.2 Å². The van der Waals surface area contributed by atoms with Crippen molar-refractivity contribution in [2.45, 2.75) is 39.7 Å². The highest BCUT2D eigenvalue weighted by atomic mass is 16.2. The standard InChI is InChI=1S/C20H30N4O3/c1-13-8-14(2)20(15(3)9-13)22-17(25)10-23(4)12-19(27)24(5)11-18(26)21-16-6-7-16/h8-9,16H,6-7,10-12H2,1-5H3,(H,21,26)(H,22,25). The number of aryl methyl sites for hydroxylation is 3. The van der Waals surface area contributed by atoms with E-state index in [1.165, 1.54) is 4.90 Å². The van der Waals surface area contributed by atoms with Gasteiger partial charge in [0.15, 0.2) is 0 Å². The van der Waals surface area contributed by atoms with Crippen LogP contribution >= 0.6 is 0 Å². The summed E-state index contributed by atoms with van der Waals surface area (Å²) < 4.78 is 0. The van der Waals surface area contributed by atoms with Gasteiger partial charge in [-0.1, -0.05) is 17.7 Å². The topological polar surface area (TPSA) is 81.8 Å². The molecule has 0 saturated heterocycles. The fourth-order valence-corrected chi connectivity index (χ4v) is 3.01. The molecule has 0 bridgehead atoms. The summed E-state index contributed by atoms with van der Waals surface area (Å²) >= 11 is 0. The summed E-state index contributed by atoms with van der Waals surface area (Å²) in [6, 6.07) is 4.33. The van der Waals surface area contributed by atoms with Crippen LogP contribution in [0.4, 0.5) is 5.69 Å². The van der Waals surface area contributed by atoms with Gasteiger partial charge in [0.25, 0.3) is 0 Å². The third-order valence-electron chi connectivity index (χ3n) is 4.51. The van der Waals surface area contributed by atoms with E-state index >= 15 is 0 Å². The van der Waals surface area contributed by atoms with Crippen molar-refractivity contribution in [3.63, 3.8) is 0 Å². The summed E-state index contributed by atoms with van der Waals surface area (Å²) in [5.41, 5.74) is 4.00. The average Bonchev–Trinajstić information content (AvgIpc) is 3.34. The Morgan fingerprint density at radius 1 is 0.963 bits per heavy atom. The van der Waals surface area contributed by atoms with Crippen LogP contribution in [0.25, 0.3) is 0 Å². The van der Waals surface area contributed by atoms with Gasteiger partial charge in [-0.05, 0) is 51.8 Å². The molecular weight excluding hydrogens is 344 g/mol. The first-order valence-corrected chi connectivity index (χ1v) is 9.25. The monoisotopic (exact) mass is 374 g/mol. The molecule has 1 saturated carbocycles. The fourth-order valence-electron chi connectivity index (χ4n) is 3.01. The van der Waals surface area contributed by atoms with E-state index in [1.807, 2.05) is 32.9 Å². The minimum absolute atomic E-state index is 0.0388. The van der Waals surface area contributed by atoms with E-state index in [9.17, 15) is 14.4 Å². The van der Waals surface area contributed by atoms with E-state index in [0.29, 0.717) is 0 Å². The van der Waals surface area contributed by atoms with Crippen LogP contribution in [0, 0.1) is 20.8 Å². The number of carbonyl (C=O) groups excluding carboxylic acids is 3. The number of hydrogen-bond donors (Lipinski definition) is 2. The zero-order chi connectivity index (χ0) is 20.1. The van der Waals surface area contributed by atoms with Crippen molar-refractivity contribution in [1.29, 1.82) is 0 Å². The van der Waals surface area contributed by atoms with Gasteiger partial charge in [-0.15, -0.1) is 0 Å². The molecule has 148 valence electrons. The lowest BCUT2D eigenvalue weighted by molar-refractivity contribution is -0.135. The van der Waals surface area contributed by atoms with Crippen molar-refractivity contribution in [1.82, 2.24) is 15.1 Å². The van der Waals surface area contributed by atoms with Crippen LogP contribution in [-0.2, 0) is 14.4 Å². The molecule has 0 unspecified atom stereocenters. The molecular formula is C20H30N4O3. The van der Waals surface area contributed by atoms with Gasteiger partial charge in [0.2, 0.25) is 17.7 Å². The molecule has 0 radical (unpaired) electrons. The summed E-state index contributed by atoms with van der Waals surface area (Å²) in [7, 11) is 3.31. The molecule has 2 rings (SSSR count). The molecule has 1 aromatic carbocycles. The van der Waals surface area contributed by atoms with Gasteiger partial charge in [0, 0.05) is 18.8 Å². The number of nitrogens with zero attached hydrogens (tertiary/aromatic N) is 2. The lowest BCUT2D eigenvalue weighted by atomic mass is 10.1. The Bertz CT molecular complexity index is 705. The Labute approximate surface area is 161 Å². The second-order valence-corrected chi connectivity index (χ2v) is 7.59. The van der Waals surface area contributed by atoms with Crippen molar-refractivity contribution >= 4 is 23.4 Å². The van der Waals surface area contributed by atoms with Gasteiger partial charge in [-0.3, -0.25) is 19.3 Å². The Morgan fingerprint density at radius 3 is 2.11 bits per heavy atom.